The lowest BCUT2D eigenvalue weighted by molar-refractivity contribution is -0.122. The first-order chi connectivity index (χ1) is 12.4. The van der Waals surface area contributed by atoms with Crippen molar-refractivity contribution in [3.05, 3.63) is 64.5 Å². The Hall–Kier alpha value is -2.51. The summed E-state index contributed by atoms with van der Waals surface area (Å²) in [4.78, 5) is 16.4. The molecule has 4 nitrogen and oxygen atoms in total. The highest BCUT2D eigenvalue weighted by molar-refractivity contribution is 7.14. The number of carbonyl (C=O) groups excluding carboxylic acids is 1. The summed E-state index contributed by atoms with van der Waals surface area (Å²) in [7, 11) is 0. The van der Waals surface area contributed by atoms with E-state index in [-0.39, 0.29) is 0 Å². The molecule has 8 heteroatoms. The van der Waals surface area contributed by atoms with Crippen LogP contribution in [0.4, 0.5) is 13.9 Å². The smallest absolute Gasteiger partial charge is 0.266 e. The van der Waals surface area contributed by atoms with E-state index < -0.39 is 23.6 Å². The van der Waals surface area contributed by atoms with Gasteiger partial charge in [-0.15, -0.1) is 11.3 Å². The van der Waals surface area contributed by atoms with Gasteiger partial charge in [0.15, 0.2) is 22.9 Å². The minimum Gasteiger partial charge on any atom is -0.481 e. The van der Waals surface area contributed by atoms with E-state index in [2.05, 4.69) is 10.3 Å². The van der Waals surface area contributed by atoms with Gasteiger partial charge < -0.3 is 4.74 Å². The molecule has 0 aliphatic heterocycles. The molecule has 26 heavy (non-hydrogen) atoms. The Labute approximate surface area is 157 Å². The van der Waals surface area contributed by atoms with Crippen molar-refractivity contribution >= 4 is 34.0 Å². The van der Waals surface area contributed by atoms with Crippen molar-refractivity contribution in [3.63, 3.8) is 0 Å². The first-order valence-corrected chi connectivity index (χ1v) is 8.82. The Morgan fingerprint density at radius 2 is 2.04 bits per heavy atom. The quantitative estimate of drug-likeness (QED) is 0.651. The number of ether oxygens (including phenoxy) is 1. The number of anilines is 1. The zero-order chi connectivity index (χ0) is 18.7. The number of hydrogen-bond acceptors (Lipinski definition) is 4. The fourth-order valence-electron chi connectivity index (χ4n) is 2.12. The lowest BCUT2D eigenvalue weighted by Crippen LogP contribution is -2.30. The van der Waals surface area contributed by atoms with Crippen molar-refractivity contribution < 1.29 is 18.3 Å². The summed E-state index contributed by atoms with van der Waals surface area (Å²) in [6.45, 7) is 1.60. The lowest BCUT2D eigenvalue weighted by Gasteiger charge is -2.13. The molecule has 1 atom stereocenters. The second-order valence-electron chi connectivity index (χ2n) is 5.37. The average Bonchev–Trinajstić information content (AvgIpc) is 3.05. The van der Waals surface area contributed by atoms with Crippen LogP contribution in [0.25, 0.3) is 11.3 Å². The fourth-order valence-corrected chi connectivity index (χ4v) is 3.03. The van der Waals surface area contributed by atoms with Crippen molar-refractivity contribution in [2.45, 2.75) is 13.0 Å². The molecule has 3 aromatic rings. The van der Waals surface area contributed by atoms with Crippen molar-refractivity contribution in [1.29, 1.82) is 0 Å². The average molecular weight is 395 g/mol. The molecule has 0 bridgehead atoms. The molecule has 0 saturated heterocycles. The highest BCUT2D eigenvalue weighted by Crippen LogP contribution is 2.26. The van der Waals surface area contributed by atoms with Crippen LogP contribution in [0.3, 0.4) is 0 Å². The van der Waals surface area contributed by atoms with Crippen LogP contribution in [0.1, 0.15) is 6.92 Å². The third-order valence-corrected chi connectivity index (χ3v) is 4.42. The zero-order valence-electron chi connectivity index (χ0n) is 13.5. The SMILES string of the molecule is CC(Oc1cccc(Cl)c1)C(=O)Nc1nc(-c2ccc(F)c(F)c2)cs1. The summed E-state index contributed by atoms with van der Waals surface area (Å²) in [6.07, 6.45) is -0.774. The maximum Gasteiger partial charge on any atom is 0.266 e. The van der Waals surface area contributed by atoms with E-state index in [9.17, 15) is 13.6 Å². The summed E-state index contributed by atoms with van der Waals surface area (Å²) < 4.78 is 31.9. The van der Waals surface area contributed by atoms with E-state index in [1.807, 2.05) is 0 Å². The number of amides is 1. The first kappa shape index (κ1) is 18.3. The second-order valence-corrected chi connectivity index (χ2v) is 6.67. The summed E-state index contributed by atoms with van der Waals surface area (Å²) in [5.74, 6) is -1.80. The summed E-state index contributed by atoms with van der Waals surface area (Å²) >= 11 is 7.05. The van der Waals surface area contributed by atoms with Crippen LogP contribution in [0.5, 0.6) is 5.75 Å². The van der Waals surface area contributed by atoms with E-state index >= 15 is 0 Å². The molecule has 2 aromatic carbocycles. The van der Waals surface area contributed by atoms with Gasteiger partial charge in [0.1, 0.15) is 5.75 Å². The number of benzene rings is 2. The fraction of sp³-hybridized carbons (Fsp3) is 0.111. The van der Waals surface area contributed by atoms with Crippen LogP contribution >= 0.6 is 22.9 Å². The zero-order valence-corrected chi connectivity index (χ0v) is 15.1. The number of thiazole rings is 1. The van der Waals surface area contributed by atoms with E-state index in [1.54, 1.807) is 36.6 Å². The highest BCUT2D eigenvalue weighted by Gasteiger charge is 2.17. The van der Waals surface area contributed by atoms with Crippen LogP contribution in [-0.4, -0.2) is 17.0 Å². The third-order valence-electron chi connectivity index (χ3n) is 3.43. The highest BCUT2D eigenvalue weighted by atomic mass is 35.5. The number of hydrogen-bond donors (Lipinski definition) is 1. The van der Waals surface area contributed by atoms with Gasteiger partial charge >= 0.3 is 0 Å². The third kappa shape index (κ3) is 4.36. The Bertz CT molecular complexity index is 948. The molecule has 1 amide bonds. The van der Waals surface area contributed by atoms with Gasteiger partial charge in [-0.3, -0.25) is 10.1 Å². The van der Waals surface area contributed by atoms with Crippen LogP contribution in [-0.2, 0) is 4.79 Å². The van der Waals surface area contributed by atoms with Crippen molar-refractivity contribution in [1.82, 2.24) is 4.98 Å². The first-order valence-electron chi connectivity index (χ1n) is 7.56. The maximum atomic E-state index is 13.3. The molecular formula is C18H13ClF2N2O2S. The number of carbonyl (C=O) groups is 1. The topological polar surface area (TPSA) is 51.2 Å². The standard InChI is InChI=1S/C18H13ClF2N2O2S/c1-10(25-13-4-2-3-12(19)8-13)17(24)23-18-22-16(9-26-18)11-5-6-14(20)15(21)7-11/h2-10H,1H3,(H,22,23,24). The second kappa shape index (κ2) is 7.80. The predicted molar refractivity (Wildman–Crippen MR) is 97.6 cm³/mol. The summed E-state index contributed by atoms with van der Waals surface area (Å²) in [5, 5.41) is 5.11. The van der Waals surface area contributed by atoms with Crippen LogP contribution < -0.4 is 10.1 Å². The molecule has 1 aromatic heterocycles. The van der Waals surface area contributed by atoms with Gasteiger partial charge in [0.2, 0.25) is 0 Å². The van der Waals surface area contributed by atoms with Gasteiger partial charge in [0, 0.05) is 16.0 Å². The van der Waals surface area contributed by atoms with E-state index in [0.717, 1.165) is 12.1 Å². The largest absolute Gasteiger partial charge is 0.481 e. The van der Waals surface area contributed by atoms with E-state index in [4.69, 9.17) is 16.3 Å². The van der Waals surface area contributed by atoms with Crippen molar-refractivity contribution in [3.8, 4) is 17.0 Å². The molecule has 134 valence electrons. The van der Waals surface area contributed by atoms with Crippen molar-refractivity contribution in [2.75, 3.05) is 5.32 Å². The molecule has 0 saturated carbocycles. The monoisotopic (exact) mass is 394 g/mol. The van der Waals surface area contributed by atoms with E-state index in [0.29, 0.717) is 27.2 Å². The van der Waals surface area contributed by atoms with Crippen LogP contribution in [0.2, 0.25) is 5.02 Å². The van der Waals surface area contributed by atoms with Gasteiger partial charge in [-0.05, 0) is 43.3 Å². The minimum absolute atomic E-state index is 0.330. The normalized spacial score (nSPS) is 11.8. The Morgan fingerprint density at radius 1 is 1.23 bits per heavy atom. The number of nitrogens with one attached hydrogen (secondary N) is 1. The molecule has 1 heterocycles. The van der Waals surface area contributed by atoms with Crippen molar-refractivity contribution in [2.24, 2.45) is 0 Å². The number of nitrogens with zero attached hydrogens (tertiary/aromatic N) is 1. The van der Waals surface area contributed by atoms with E-state index in [1.165, 1.54) is 17.4 Å². The van der Waals surface area contributed by atoms with Gasteiger partial charge in [0.05, 0.1) is 5.69 Å². The number of rotatable bonds is 5. The lowest BCUT2D eigenvalue weighted by atomic mass is 10.2. The Morgan fingerprint density at radius 3 is 2.77 bits per heavy atom. The van der Waals surface area contributed by atoms with Gasteiger partial charge in [0.25, 0.3) is 5.91 Å². The molecule has 0 fully saturated rings. The molecule has 1 N–H and O–H groups in total. The summed E-state index contributed by atoms with van der Waals surface area (Å²) in [6, 6.07) is 10.2. The minimum atomic E-state index is -0.954. The van der Waals surface area contributed by atoms with Gasteiger partial charge in [-0.2, -0.15) is 0 Å². The molecular weight excluding hydrogens is 382 g/mol. The molecule has 0 spiro atoms. The van der Waals surface area contributed by atoms with Gasteiger partial charge in [-0.25, -0.2) is 13.8 Å². The predicted octanol–water partition coefficient (Wildman–Crippen LogP) is 5.15. The molecule has 0 aliphatic rings. The molecule has 1 unspecified atom stereocenters. The van der Waals surface area contributed by atoms with Gasteiger partial charge in [-0.1, -0.05) is 17.7 Å². The Kier molecular flexibility index (Phi) is 5.49. The van der Waals surface area contributed by atoms with Crippen LogP contribution in [0, 0.1) is 11.6 Å². The molecule has 0 aliphatic carbocycles. The number of aromatic nitrogens is 1. The van der Waals surface area contributed by atoms with Crippen LogP contribution in [0.15, 0.2) is 47.8 Å². The molecule has 0 radical (unpaired) electrons. The number of halogens is 3. The summed E-state index contributed by atoms with van der Waals surface area (Å²) in [5.41, 5.74) is 0.858. The Balaban J connectivity index is 1.66. The maximum absolute atomic E-state index is 13.3. The molecule has 3 rings (SSSR count).